The molecule has 0 bridgehead atoms. The van der Waals surface area contributed by atoms with Crippen LogP contribution in [0, 0.1) is 22.7 Å². The summed E-state index contributed by atoms with van der Waals surface area (Å²) in [6, 6.07) is 26.2. The van der Waals surface area contributed by atoms with Crippen molar-refractivity contribution in [3.63, 3.8) is 0 Å². The third kappa shape index (κ3) is 11.2. The first-order valence-electron chi connectivity index (χ1n) is 22.0. The summed E-state index contributed by atoms with van der Waals surface area (Å²) in [6.07, 6.45) is 4.15. The molecular formula is C49H52N8O9S. The number of esters is 1. The van der Waals surface area contributed by atoms with Gasteiger partial charge < -0.3 is 33.7 Å². The molecule has 0 unspecified atom stereocenters. The maximum Gasteiger partial charge on any atom is 0.302 e. The first-order chi connectivity index (χ1) is 32.2. The van der Waals surface area contributed by atoms with Gasteiger partial charge in [-0.05, 0) is 112 Å². The number of sulfonamides is 1. The number of aromatic nitrogens is 4. The zero-order valence-electron chi connectivity index (χ0n) is 38.1. The van der Waals surface area contributed by atoms with Crippen molar-refractivity contribution in [3.05, 3.63) is 106 Å². The summed E-state index contributed by atoms with van der Waals surface area (Å²) in [5.41, 5.74) is 8.00. The highest BCUT2D eigenvalue weighted by Gasteiger charge is 2.35. The summed E-state index contributed by atoms with van der Waals surface area (Å²) in [4.78, 5) is 20.1. The van der Waals surface area contributed by atoms with E-state index in [-0.39, 0.29) is 49.3 Å². The van der Waals surface area contributed by atoms with Crippen LogP contribution in [0.4, 0.5) is 0 Å². The van der Waals surface area contributed by atoms with Crippen LogP contribution in [0.2, 0.25) is 0 Å². The Kier molecular flexibility index (Phi) is 15.1. The summed E-state index contributed by atoms with van der Waals surface area (Å²) in [7, 11) is -3.49. The van der Waals surface area contributed by atoms with Gasteiger partial charge in [0.1, 0.15) is 30.2 Å². The Balaban J connectivity index is 0.000000199. The molecular weight excluding hydrogens is 877 g/mol. The fraction of sp³-hybridized carbons (Fsp3) is 0.367. The highest BCUT2D eigenvalue weighted by atomic mass is 32.2. The lowest BCUT2D eigenvalue weighted by Gasteiger charge is -2.26. The number of benzene rings is 4. The number of nitrogens with one attached hydrogen (secondary N) is 1. The molecule has 0 fully saturated rings. The maximum atomic E-state index is 12.3. The molecule has 4 aromatic carbocycles. The molecule has 2 N–H and O–H groups in total. The van der Waals surface area contributed by atoms with Gasteiger partial charge in [-0.2, -0.15) is 24.8 Å². The van der Waals surface area contributed by atoms with Gasteiger partial charge in [0.2, 0.25) is 21.7 Å². The van der Waals surface area contributed by atoms with Crippen LogP contribution in [-0.2, 0) is 32.4 Å². The molecule has 2 aromatic heterocycles. The van der Waals surface area contributed by atoms with E-state index in [4.69, 9.17) is 23.3 Å². The Morgan fingerprint density at radius 1 is 0.821 bits per heavy atom. The van der Waals surface area contributed by atoms with Crippen LogP contribution in [0.5, 0.6) is 11.5 Å². The fourth-order valence-corrected chi connectivity index (χ4v) is 9.51. The van der Waals surface area contributed by atoms with Crippen LogP contribution in [0.25, 0.3) is 45.7 Å². The molecule has 67 heavy (non-hydrogen) atoms. The molecule has 2 atom stereocenters. The van der Waals surface area contributed by atoms with E-state index in [1.54, 1.807) is 30.3 Å². The molecule has 348 valence electrons. The van der Waals surface area contributed by atoms with Gasteiger partial charge in [-0.1, -0.05) is 46.7 Å². The van der Waals surface area contributed by atoms with Gasteiger partial charge in [-0.3, -0.25) is 4.79 Å². The van der Waals surface area contributed by atoms with E-state index in [2.05, 4.69) is 43.8 Å². The van der Waals surface area contributed by atoms with Gasteiger partial charge in [0.05, 0.1) is 42.2 Å². The highest BCUT2D eigenvalue weighted by Crippen LogP contribution is 2.42. The second kappa shape index (κ2) is 21.1. The summed E-state index contributed by atoms with van der Waals surface area (Å²) >= 11 is 0. The number of nitriles is 2. The minimum atomic E-state index is -3.49. The number of carbonyl (C=O) groups is 1. The molecule has 2 aliphatic carbocycles. The molecule has 6 aromatic rings. The van der Waals surface area contributed by atoms with Crippen molar-refractivity contribution in [1.29, 1.82) is 10.5 Å². The van der Waals surface area contributed by atoms with Crippen molar-refractivity contribution in [2.24, 2.45) is 0 Å². The maximum absolute atomic E-state index is 12.3. The molecule has 0 spiro atoms. The molecule has 2 aliphatic rings. The molecule has 0 saturated heterocycles. The Hall–Kier alpha value is -6.96. The van der Waals surface area contributed by atoms with E-state index in [0.717, 1.165) is 41.4 Å². The van der Waals surface area contributed by atoms with Crippen LogP contribution in [0.3, 0.4) is 0 Å². The number of fused-ring (bicyclic) bond motifs is 2. The van der Waals surface area contributed by atoms with Crippen LogP contribution >= 0.6 is 0 Å². The second-order valence-corrected chi connectivity index (χ2v) is 18.5. The van der Waals surface area contributed by atoms with Gasteiger partial charge >= 0.3 is 5.97 Å². The molecule has 8 rings (SSSR count). The van der Waals surface area contributed by atoms with E-state index in [0.29, 0.717) is 77.3 Å². The first-order valence-corrected chi connectivity index (χ1v) is 23.8. The van der Waals surface area contributed by atoms with Gasteiger partial charge in [0, 0.05) is 48.3 Å². The molecule has 0 saturated carbocycles. The molecule has 2 heterocycles. The van der Waals surface area contributed by atoms with E-state index in [9.17, 15) is 28.8 Å². The lowest BCUT2D eigenvalue weighted by molar-refractivity contribution is -0.140. The van der Waals surface area contributed by atoms with Crippen molar-refractivity contribution in [3.8, 4) is 69.3 Å². The topological polar surface area (TPSA) is 240 Å². The van der Waals surface area contributed by atoms with Crippen molar-refractivity contribution in [2.45, 2.75) is 84.6 Å². The quantitative estimate of drug-likeness (QED) is 0.0705. The SMILES string of the molecule is CC(=O)OCCN[C@@H]1CCc2c(-c3noc(-c4ccc(OC(C)C)c(C#N)c4)n3)cccc21.CC(C)Oc1ccc(-c2nc(-c3cccc4c3CC[C@H]4N(CCO)S(C)(=O)=O)no2)cc1C#N. The van der Waals surface area contributed by atoms with E-state index in [1.165, 1.54) is 22.4 Å². The number of aliphatic hydroxyl groups excluding tert-OH is 1. The number of rotatable bonds is 16. The number of ether oxygens (including phenoxy) is 3. The minimum absolute atomic E-state index is 0.0295. The standard InChI is InChI=1S/C25H26N4O4.C24H26N4O5S/c1-15(2)32-23-10-7-17(13-18(23)14-26)25-28-24(29-33-25)21-6-4-5-20-19(21)8-9-22(20)27-11-12-31-16(3)30;1-15(2)32-22-10-7-16(13-17(22)14-25)24-26-23(27-33-24)20-6-4-5-19-18(20)8-9-21(19)28(11-12-29)34(3,30)31/h4-7,10,13,15,22,27H,8-9,11-12H2,1-3H3;4-7,10,13,15,21,29H,8-9,11-12H2,1-3H3/t22-;21-/m11/s1. The average molecular weight is 929 g/mol. The molecule has 0 radical (unpaired) electrons. The van der Waals surface area contributed by atoms with Crippen LogP contribution in [0.1, 0.15) is 92.9 Å². The van der Waals surface area contributed by atoms with Crippen molar-refractivity contribution in [1.82, 2.24) is 29.9 Å². The summed E-state index contributed by atoms with van der Waals surface area (Å²) < 4.78 is 53.4. The zero-order chi connectivity index (χ0) is 47.8. The number of carbonyl (C=O) groups excluding carboxylic acids is 1. The number of hydrogen-bond acceptors (Lipinski definition) is 16. The summed E-state index contributed by atoms with van der Waals surface area (Å²) in [6.45, 7) is 9.75. The number of aliphatic hydroxyl groups is 1. The van der Waals surface area contributed by atoms with Gasteiger partial charge in [0.15, 0.2) is 0 Å². The summed E-state index contributed by atoms with van der Waals surface area (Å²) in [5.74, 6) is 2.28. The predicted octanol–water partition coefficient (Wildman–Crippen LogP) is 7.51. The fourth-order valence-electron chi connectivity index (χ4n) is 8.41. The second-order valence-electron chi connectivity index (χ2n) is 16.6. The Morgan fingerprint density at radius 2 is 1.34 bits per heavy atom. The third-order valence-electron chi connectivity index (χ3n) is 11.2. The van der Waals surface area contributed by atoms with Crippen LogP contribution < -0.4 is 14.8 Å². The van der Waals surface area contributed by atoms with E-state index in [1.807, 2.05) is 64.1 Å². The zero-order valence-corrected chi connectivity index (χ0v) is 39.0. The largest absolute Gasteiger partial charge is 0.490 e. The monoisotopic (exact) mass is 928 g/mol. The lowest BCUT2D eigenvalue weighted by Crippen LogP contribution is -2.35. The lowest BCUT2D eigenvalue weighted by atomic mass is 10.0. The van der Waals surface area contributed by atoms with Crippen LogP contribution in [0.15, 0.2) is 81.8 Å². The Labute approximate surface area is 389 Å². The smallest absolute Gasteiger partial charge is 0.302 e. The summed E-state index contributed by atoms with van der Waals surface area (Å²) in [5, 5.41) is 40.2. The van der Waals surface area contributed by atoms with Gasteiger partial charge in [-0.15, -0.1) is 0 Å². The normalized spacial score (nSPS) is 15.1. The van der Waals surface area contributed by atoms with Crippen molar-refractivity contribution in [2.75, 3.05) is 32.6 Å². The Bertz CT molecular complexity index is 2930. The first kappa shape index (κ1) is 48.0. The number of hydrogen-bond donors (Lipinski definition) is 2. The van der Waals surface area contributed by atoms with E-state index >= 15 is 0 Å². The van der Waals surface area contributed by atoms with Gasteiger partial charge in [-0.25, -0.2) is 8.42 Å². The molecule has 0 amide bonds. The molecule has 17 nitrogen and oxygen atoms in total. The molecule has 18 heteroatoms. The molecule has 0 aliphatic heterocycles. The van der Waals surface area contributed by atoms with Crippen molar-refractivity contribution >= 4 is 16.0 Å². The van der Waals surface area contributed by atoms with Crippen molar-refractivity contribution < 1.29 is 41.6 Å². The number of nitrogens with zero attached hydrogens (tertiary/aromatic N) is 7. The highest BCUT2D eigenvalue weighted by molar-refractivity contribution is 7.88. The van der Waals surface area contributed by atoms with Gasteiger partial charge in [0.25, 0.3) is 11.8 Å². The average Bonchev–Trinajstić information content (AvgIpc) is 4.14. The van der Waals surface area contributed by atoms with E-state index < -0.39 is 10.0 Å². The van der Waals surface area contributed by atoms with Crippen LogP contribution in [-0.4, -0.2) is 88.8 Å². The Morgan fingerprint density at radius 3 is 1.84 bits per heavy atom. The minimum Gasteiger partial charge on any atom is -0.490 e. The predicted molar refractivity (Wildman–Crippen MR) is 247 cm³/mol. The third-order valence-corrected chi connectivity index (χ3v) is 12.4.